The highest BCUT2D eigenvalue weighted by Crippen LogP contribution is 2.40. The fourth-order valence-corrected chi connectivity index (χ4v) is 5.27. The molecule has 1 saturated heterocycles. The molecule has 1 heterocycles. The van der Waals surface area contributed by atoms with Crippen LogP contribution in [0.1, 0.15) is 42.4 Å². The molecule has 1 aliphatic heterocycles. The normalized spacial score (nSPS) is 25.8. The predicted molar refractivity (Wildman–Crippen MR) is 119 cm³/mol. The third-order valence-corrected chi connectivity index (χ3v) is 6.92. The second kappa shape index (κ2) is 8.37. The van der Waals surface area contributed by atoms with E-state index in [-0.39, 0.29) is 0 Å². The molecule has 2 aliphatic rings. The summed E-state index contributed by atoms with van der Waals surface area (Å²) in [5.74, 6) is 0.956. The number of methoxy groups -OCH3 is 1. The number of hydrogen-bond donors (Lipinski definition) is 1. The summed E-state index contributed by atoms with van der Waals surface area (Å²) in [6.07, 6.45) is 3.85. The number of anilines is 1. The molecule has 29 heavy (non-hydrogen) atoms. The molecule has 0 spiro atoms. The lowest BCUT2D eigenvalue weighted by atomic mass is 9.75. The highest BCUT2D eigenvalue weighted by molar-refractivity contribution is 5.58. The van der Waals surface area contributed by atoms with Gasteiger partial charge in [-0.05, 0) is 62.8 Å². The van der Waals surface area contributed by atoms with Gasteiger partial charge < -0.3 is 14.7 Å². The number of hydrogen-bond acceptors (Lipinski definition) is 4. The molecule has 1 aliphatic carbocycles. The summed E-state index contributed by atoms with van der Waals surface area (Å²) in [4.78, 5) is 5.07. The van der Waals surface area contributed by atoms with E-state index < -0.39 is 5.60 Å². The molecule has 2 aromatic rings. The van der Waals surface area contributed by atoms with Crippen LogP contribution in [0.2, 0.25) is 0 Å². The number of ether oxygens (including phenoxy) is 1. The molecular formula is C25H34N2O2. The molecule has 0 atom stereocenters. The molecule has 4 nitrogen and oxygen atoms in total. The van der Waals surface area contributed by atoms with Crippen LogP contribution in [0.3, 0.4) is 0 Å². The fraction of sp³-hybridized carbons (Fsp3) is 0.520. The summed E-state index contributed by atoms with van der Waals surface area (Å²) < 4.78 is 5.54. The van der Waals surface area contributed by atoms with E-state index in [9.17, 15) is 5.11 Å². The molecule has 1 N–H and O–H groups in total. The van der Waals surface area contributed by atoms with Crippen LogP contribution in [0.25, 0.3) is 0 Å². The smallest absolute Gasteiger partial charge is 0.142 e. The first-order valence-electron chi connectivity index (χ1n) is 10.9. The Morgan fingerprint density at radius 2 is 1.66 bits per heavy atom. The first-order valence-corrected chi connectivity index (χ1v) is 10.9. The maximum absolute atomic E-state index is 11.3. The van der Waals surface area contributed by atoms with Gasteiger partial charge in [-0.25, -0.2) is 0 Å². The molecule has 0 amide bonds. The number of piperazine rings is 1. The number of benzene rings is 2. The van der Waals surface area contributed by atoms with Crippen molar-refractivity contribution in [3.63, 3.8) is 0 Å². The van der Waals surface area contributed by atoms with Gasteiger partial charge in [0, 0.05) is 32.2 Å². The number of nitrogens with zero attached hydrogens (tertiary/aromatic N) is 2. The topological polar surface area (TPSA) is 35.9 Å². The van der Waals surface area contributed by atoms with Gasteiger partial charge in [-0.15, -0.1) is 0 Å². The summed E-state index contributed by atoms with van der Waals surface area (Å²) in [5.41, 5.74) is 4.14. The third-order valence-electron chi connectivity index (χ3n) is 6.92. The fourth-order valence-electron chi connectivity index (χ4n) is 5.27. The minimum absolute atomic E-state index is 0.584. The van der Waals surface area contributed by atoms with Gasteiger partial charge in [0.15, 0.2) is 0 Å². The van der Waals surface area contributed by atoms with Gasteiger partial charge in [0.1, 0.15) is 5.75 Å². The van der Waals surface area contributed by atoms with Crippen LogP contribution in [0.5, 0.6) is 5.75 Å². The van der Waals surface area contributed by atoms with E-state index in [0.717, 1.165) is 63.2 Å². The number of para-hydroxylation sites is 2. The second-order valence-electron chi connectivity index (χ2n) is 8.78. The Balaban J connectivity index is 1.35. The average molecular weight is 395 g/mol. The van der Waals surface area contributed by atoms with Crippen molar-refractivity contribution in [3.8, 4) is 5.75 Å². The minimum Gasteiger partial charge on any atom is -0.495 e. The van der Waals surface area contributed by atoms with Gasteiger partial charge in [0.2, 0.25) is 0 Å². The molecule has 0 radical (unpaired) electrons. The van der Waals surface area contributed by atoms with Crippen molar-refractivity contribution in [2.45, 2.75) is 51.2 Å². The third kappa shape index (κ3) is 4.15. The number of aryl methyl sites for hydroxylation is 2. The number of aliphatic hydroxyl groups is 1. The predicted octanol–water partition coefficient (Wildman–Crippen LogP) is 4.26. The maximum Gasteiger partial charge on any atom is 0.142 e. The molecule has 2 aromatic carbocycles. The Bertz CT molecular complexity index is 834. The second-order valence-corrected chi connectivity index (χ2v) is 8.78. The SMILES string of the molecule is COc1ccccc1N1CCN(C2CCC(O)(c3ccc(C)cc3C)CC2)CC1. The zero-order chi connectivity index (χ0) is 20.4. The zero-order valence-electron chi connectivity index (χ0n) is 18.0. The molecule has 2 fully saturated rings. The lowest BCUT2D eigenvalue weighted by molar-refractivity contribution is -0.0262. The molecular weight excluding hydrogens is 360 g/mol. The van der Waals surface area contributed by atoms with Gasteiger partial charge in [-0.2, -0.15) is 0 Å². The largest absolute Gasteiger partial charge is 0.495 e. The monoisotopic (exact) mass is 394 g/mol. The van der Waals surface area contributed by atoms with Crippen molar-refractivity contribution in [2.24, 2.45) is 0 Å². The van der Waals surface area contributed by atoms with Crippen molar-refractivity contribution in [1.82, 2.24) is 4.90 Å². The summed E-state index contributed by atoms with van der Waals surface area (Å²) in [5, 5.41) is 11.3. The van der Waals surface area contributed by atoms with Gasteiger partial charge >= 0.3 is 0 Å². The summed E-state index contributed by atoms with van der Waals surface area (Å²) in [7, 11) is 1.74. The quantitative estimate of drug-likeness (QED) is 0.840. The lowest BCUT2D eigenvalue weighted by Crippen LogP contribution is -2.52. The Kier molecular flexibility index (Phi) is 5.84. The van der Waals surface area contributed by atoms with Crippen LogP contribution in [0.15, 0.2) is 42.5 Å². The van der Waals surface area contributed by atoms with Crippen molar-refractivity contribution in [2.75, 3.05) is 38.2 Å². The summed E-state index contributed by atoms with van der Waals surface area (Å²) in [6, 6.07) is 15.3. The van der Waals surface area contributed by atoms with Crippen LogP contribution < -0.4 is 9.64 Å². The minimum atomic E-state index is -0.659. The highest BCUT2D eigenvalue weighted by Gasteiger charge is 2.38. The molecule has 156 valence electrons. The van der Waals surface area contributed by atoms with Crippen molar-refractivity contribution < 1.29 is 9.84 Å². The standard InChI is InChI=1S/C25H34N2O2/c1-19-8-9-22(20(2)18-19)25(28)12-10-21(11-13-25)26-14-16-27(17-15-26)23-6-4-5-7-24(23)29-3/h4-9,18,21,28H,10-17H2,1-3H3. The zero-order valence-corrected chi connectivity index (χ0v) is 18.0. The van der Waals surface area contributed by atoms with Crippen molar-refractivity contribution >= 4 is 5.69 Å². The van der Waals surface area contributed by atoms with E-state index in [4.69, 9.17) is 4.74 Å². The Hall–Kier alpha value is -2.04. The molecule has 0 bridgehead atoms. The maximum atomic E-state index is 11.3. The van der Waals surface area contributed by atoms with Crippen LogP contribution in [0.4, 0.5) is 5.69 Å². The Morgan fingerprint density at radius 3 is 2.31 bits per heavy atom. The van der Waals surface area contributed by atoms with E-state index in [1.54, 1.807) is 7.11 Å². The van der Waals surface area contributed by atoms with Crippen LogP contribution >= 0.6 is 0 Å². The van der Waals surface area contributed by atoms with Gasteiger partial charge in [0.25, 0.3) is 0 Å². The molecule has 0 aromatic heterocycles. The van der Waals surface area contributed by atoms with E-state index >= 15 is 0 Å². The van der Waals surface area contributed by atoms with Crippen LogP contribution in [-0.2, 0) is 5.60 Å². The molecule has 4 heteroatoms. The first kappa shape index (κ1) is 20.2. The van der Waals surface area contributed by atoms with E-state index in [0.29, 0.717) is 6.04 Å². The van der Waals surface area contributed by atoms with Crippen molar-refractivity contribution in [1.29, 1.82) is 0 Å². The van der Waals surface area contributed by atoms with Crippen LogP contribution in [0, 0.1) is 13.8 Å². The molecule has 4 rings (SSSR count). The Labute approximate surface area is 175 Å². The molecule has 0 unspecified atom stereocenters. The van der Waals surface area contributed by atoms with E-state index in [2.05, 4.69) is 54.0 Å². The van der Waals surface area contributed by atoms with Crippen molar-refractivity contribution in [3.05, 3.63) is 59.2 Å². The summed E-state index contributed by atoms with van der Waals surface area (Å²) in [6.45, 7) is 8.44. The van der Waals surface area contributed by atoms with Gasteiger partial charge in [-0.1, -0.05) is 35.9 Å². The van der Waals surface area contributed by atoms with Gasteiger partial charge in [-0.3, -0.25) is 4.90 Å². The lowest BCUT2D eigenvalue weighted by Gasteiger charge is -2.45. The van der Waals surface area contributed by atoms with E-state index in [1.807, 2.05) is 12.1 Å². The molecule has 1 saturated carbocycles. The highest BCUT2D eigenvalue weighted by atomic mass is 16.5. The number of rotatable bonds is 4. The average Bonchev–Trinajstić information content (AvgIpc) is 2.74. The first-order chi connectivity index (χ1) is 14.0. The summed E-state index contributed by atoms with van der Waals surface area (Å²) >= 11 is 0. The van der Waals surface area contributed by atoms with Gasteiger partial charge in [0.05, 0.1) is 18.4 Å². The Morgan fingerprint density at radius 1 is 0.966 bits per heavy atom. The van der Waals surface area contributed by atoms with E-state index in [1.165, 1.54) is 16.8 Å². The van der Waals surface area contributed by atoms with Crippen LogP contribution in [-0.4, -0.2) is 49.3 Å².